The fourth-order valence-electron chi connectivity index (χ4n) is 3.21. The van der Waals surface area contributed by atoms with Crippen LogP contribution >= 0.6 is 23.4 Å². The first-order valence-corrected chi connectivity index (χ1v) is 11.2. The second-order valence-corrected chi connectivity index (χ2v) is 8.63. The van der Waals surface area contributed by atoms with Gasteiger partial charge in [-0.3, -0.25) is 14.5 Å². The van der Waals surface area contributed by atoms with Crippen LogP contribution in [0.2, 0.25) is 5.02 Å². The lowest BCUT2D eigenvalue weighted by Gasteiger charge is -2.12. The standard InChI is InChI=1S/C25H17ClFNO5S/c1-32-21-12-15(5-10-20(21)33-24(30)17-6-8-19(27)9-7-17)13-22-23(29)28(25(31)34-22)14-16-3-2-4-18(26)11-16/h2-13H,14H2,1H3/b22-13-. The summed E-state index contributed by atoms with van der Waals surface area (Å²) >= 11 is 6.83. The third kappa shape index (κ3) is 5.30. The highest BCUT2D eigenvalue weighted by atomic mass is 35.5. The Balaban J connectivity index is 1.51. The monoisotopic (exact) mass is 497 g/mol. The van der Waals surface area contributed by atoms with Crippen molar-refractivity contribution in [3.05, 3.63) is 99.2 Å². The molecule has 0 aromatic heterocycles. The van der Waals surface area contributed by atoms with Gasteiger partial charge in [0.05, 0.1) is 24.1 Å². The van der Waals surface area contributed by atoms with Crippen LogP contribution in [-0.2, 0) is 11.3 Å². The highest BCUT2D eigenvalue weighted by molar-refractivity contribution is 8.18. The largest absolute Gasteiger partial charge is 0.493 e. The van der Waals surface area contributed by atoms with E-state index in [9.17, 15) is 18.8 Å². The highest BCUT2D eigenvalue weighted by Gasteiger charge is 2.35. The second kappa shape index (κ2) is 10.1. The van der Waals surface area contributed by atoms with E-state index in [0.717, 1.165) is 34.4 Å². The van der Waals surface area contributed by atoms with E-state index in [-0.39, 0.29) is 33.8 Å². The van der Waals surface area contributed by atoms with Gasteiger partial charge in [-0.25, -0.2) is 9.18 Å². The molecule has 6 nitrogen and oxygen atoms in total. The Hall–Kier alpha value is -3.62. The maximum Gasteiger partial charge on any atom is 0.343 e. The van der Waals surface area contributed by atoms with Crippen molar-refractivity contribution in [2.24, 2.45) is 0 Å². The number of halogens is 2. The summed E-state index contributed by atoms with van der Waals surface area (Å²) in [7, 11) is 1.41. The Morgan fingerprint density at radius 3 is 2.53 bits per heavy atom. The topological polar surface area (TPSA) is 72.9 Å². The van der Waals surface area contributed by atoms with E-state index in [1.54, 1.807) is 42.5 Å². The molecule has 34 heavy (non-hydrogen) atoms. The van der Waals surface area contributed by atoms with E-state index in [0.29, 0.717) is 10.6 Å². The van der Waals surface area contributed by atoms with Crippen LogP contribution in [0, 0.1) is 5.82 Å². The third-order valence-corrected chi connectivity index (χ3v) is 6.01. The van der Waals surface area contributed by atoms with Crippen molar-refractivity contribution < 1.29 is 28.2 Å². The fourth-order valence-corrected chi connectivity index (χ4v) is 4.26. The first-order chi connectivity index (χ1) is 16.3. The Morgan fingerprint density at radius 1 is 1.06 bits per heavy atom. The quantitative estimate of drug-likeness (QED) is 0.238. The molecule has 1 aliphatic rings. The maximum absolute atomic E-state index is 13.1. The van der Waals surface area contributed by atoms with Gasteiger partial charge in [0.15, 0.2) is 11.5 Å². The number of thioether (sulfide) groups is 1. The molecule has 3 aromatic carbocycles. The number of hydrogen-bond donors (Lipinski definition) is 0. The number of esters is 1. The molecule has 0 unspecified atom stereocenters. The Kier molecular flexibility index (Phi) is 7.00. The molecule has 0 aliphatic carbocycles. The zero-order valence-corrected chi connectivity index (χ0v) is 19.4. The van der Waals surface area contributed by atoms with Crippen LogP contribution in [0.15, 0.2) is 71.6 Å². The molecule has 1 saturated heterocycles. The van der Waals surface area contributed by atoms with Gasteiger partial charge in [0.1, 0.15) is 5.82 Å². The molecule has 1 aliphatic heterocycles. The molecule has 9 heteroatoms. The molecule has 0 N–H and O–H groups in total. The number of hydrogen-bond acceptors (Lipinski definition) is 6. The van der Waals surface area contributed by atoms with Gasteiger partial charge in [-0.2, -0.15) is 0 Å². The zero-order valence-electron chi connectivity index (χ0n) is 17.8. The Morgan fingerprint density at radius 2 is 1.82 bits per heavy atom. The molecule has 2 amide bonds. The van der Waals surface area contributed by atoms with Gasteiger partial charge in [-0.05, 0) is 77.5 Å². The van der Waals surface area contributed by atoms with Crippen LogP contribution in [0.3, 0.4) is 0 Å². The normalized spacial score (nSPS) is 14.6. The van der Waals surface area contributed by atoms with E-state index >= 15 is 0 Å². The SMILES string of the molecule is COc1cc(/C=C2\SC(=O)N(Cc3cccc(Cl)c3)C2=O)ccc1OC(=O)c1ccc(F)cc1. The van der Waals surface area contributed by atoms with E-state index in [1.165, 1.54) is 25.3 Å². The van der Waals surface area contributed by atoms with Crippen LogP contribution in [0.4, 0.5) is 9.18 Å². The smallest absolute Gasteiger partial charge is 0.343 e. The van der Waals surface area contributed by atoms with Gasteiger partial charge >= 0.3 is 5.97 Å². The zero-order chi connectivity index (χ0) is 24.2. The van der Waals surface area contributed by atoms with Crippen molar-refractivity contribution in [2.45, 2.75) is 6.54 Å². The molecule has 1 fully saturated rings. The van der Waals surface area contributed by atoms with Crippen molar-refractivity contribution in [3.8, 4) is 11.5 Å². The summed E-state index contributed by atoms with van der Waals surface area (Å²) in [6.07, 6.45) is 1.57. The lowest BCUT2D eigenvalue weighted by atomic mass is 10.1. The number of methoxy groups -OCH3 is 1. The lowest BCUT2D eigenvalue weighted by molar-refractivity contribution is -0.123. The number of carbonyl (C=O) groups is 3. The van der Waals surface area contributed by atoms with Gasteiger partial charge < -0.3 is 9.47 Å². The molecular weight excluding hydrogens is 481 g/mol. The van der Waals surface area contributed by atoms with Gasteiger partial charge in [-0.15, -0.1) is 0 Å². The van der Waals surface area contributed by atoms with E-state index in [1.807, 2.05) is 0 Å². The maximum atomic E-state index is 13.1. The molecule has 3 aromatic rings. The molecular formula is C25H17ClFNO5S. The highest BCUT2D eigenvalue weighted by Crippen LogP contribution is 2.35. The van der Waals surface area contributed by atoms with Crippen LogP contribution in [0.25, 0.3) is 6.08 Å². The number of benzene rings is 3. The first kappa shape index (κ1) is 23.5. The van der Waals surface area contributed by atoms with Crippen LogP contribution in [0.5, 0.6) is 11.5 Å². The molecule has 0 bridgehead atoms. The van der Waals surface area contributed by atoms with Gasteiger partial charge in [0, 0.05) is 5.02 Å². The lowest BCUT2D eigenvalue weighted by Crippen LogP contribution is -2.27. The van der Waals surface area contributed by atoms with Crippen LogP contribution in [0.1, 0.15) is 21.5 Å². The van der Waals surface area contributed by atoms with Crippen LogP contribution in [-0.4, -0.2) is 29.1 Å². The fraction of sp³-hybridized carbons (Fsp3) is 0.0800. The minimum absolute atomic E-state index is 0.115. The number of nitrogens with zero attached hydrogens (tertiary/aromatic N) is 1. The number of carbonyl (C=O) groups excluding carboxylic acids is 3. The van der Waals surface area contributed by atoms with Crippen molar-refractivity contribution in [2.75, 3.05) is 7.11 Å². The van der Waals surface area contributed by atoms with Crippen molar-refractivity contribution in [1.29, 1.82) is 0 Å². The minimum Gasteiger partial charge on any atom is -0.493 e. The summed E-state index contributed by atoms with van der Waals surface area (Å²) in [5.41, 5.74) is 1.50. The Labute approximate surface area is 203 Å². The summed E-state index contributed by atoms with van der Waals surface area (Å²) in [4.78, 5) is 39.0. The molecule has 172 valence electrons. The number of rotatable bonds is 6. The van der Waals surface area contributed by atoms with Crippen molar-refractivity contribution in [3.63, 3.8) is 0 Å². The number of amides is 2. The van der Waals surface area contributed by atoms with E-state index in [4.69, 9.17) is 21.1 Å². The average Bonchev–Trinajstić information content (AvgIpc) is 3.07. The molecule has 0 saturated carbocycles. The van der Waals surface area contributed by atoms with Crippen molar-refractivity contribution >= 4 is 46.6 Å². The van der Waals surface area contributed by atoms with E-state index in [2.05, 4.69) is 0 Å². The average molecular weight is 498 g/mol. The Bertz CT molecular complexity index is 1310. The number of ether oxygens (including phenoxy) is 2. The second-order valence-electron chi connectivity index (χ2n) is 7.20. The molecule has 1 heterocycles. The predicted molar refractivity (Wildman–Crippen MR) is 127 cm³/mol. The number of imide groups is 1. The summed E-state index contributed by atoms with van der Waals surface area (Å²) < 4.78 is 23.8. The summed E-state index contributed by atoms with van der Waals surface area (Å²) in [6, 6.07) is 16.6. The van der Waals surface area contributed by atoms with Crippen molar-refractivity contribution in [1.82, 2.24) is 4.90 Å². The summed E-state index contributed by atoms with van der Waals surface area (Å²) in [6.45, 7) is 0.115. The predicted octanol–water partition coefficient (Wildman–Crippen LogP) is 5.94. The minimum atomic E-state index is -0.673. The molecule has 0 spiro atoms. The van der Waals surface area contributed by atoms with Crippen LogP contribution < -0.4 is 9.47 Å². The first-order valence-electron chi connectivity index (χ1n) is 9.99. The van der Waals surface area contributed by atoms with Gasteiger partial charge in [0.25, 0.3) is 11.1 Å². The summed E-state index contributed by atoms with van der Waals surface area (Å²) in [5.74, 6) is -1.14. The van der Waals surface area contributed by atoms with E-state index < -0.39 is 17.7 Å². The molecule has 0 radical (unpaired) electrons. The van der Waals surface area contributed by atoms with Gasteiger partial charge in [-0.1, -0.05) is 29.8 Å². The van der Waals surface area contributed by atoms with Gasteiger partial charge in [0.2, 0.25) is 0 Å². The molecule has 4 rings (SSSR count). The summed E-state index contributed by atoms with van der Waals surface area (Å²) in [5, 5.41) is 0.139. The molecule has 0 atom stereocenters. The third-order valence-electron chi connectivity index (χ3n) is 4.87.